The Kier molecular flexibility index (Phi) is 2.36. The summed E-state index contributed by atoms with van der Waals surface area (Å²) in [6.45, 7) is 0. The molecule has 0 saturated heterocycles. The number of nitriles is 1. The fourth-order valence-electron chi connectivity index (χ4n) is 1.77. The molecule has 1 heterocycles. The van der Waals surface area contributed by atoms with Crippen LogP contribution in [0.4, 0.5) is 0 Å². The average molecular weight is 236 g/mol. The maximum absolute atomic E-state index is 8.75. The van der Waals surface area contributed by atoms with Gasteiger partial charge in [0, 0.05) is 0 Å². The van der Waals surface area contributed by atoms with Crippen molar-refractivity contribution in [2.75, 3.05) is 0 Å². The Morgan fingerprint density at radius 3 is 2.53 bits per heavy atom. The number of fused-ring (bicyclic) bond motifs is 1. The van der Waals surface area contributed by atoms with Crippen molar-refractivity contribution in [3.05, 3.63) is 53.5 Å². The number of hydrogen-bond acceptors (Lipinski definition) is 3. The van der Waals surface area contributed by atoms with Crippen LogP contribution in [0.25, 0.3) is 21.3 Å². The van der Waals surface area contributed by atoms with Crippen LogP contribution >= 0.6 is 11.3 Å². The van der Waals surface area contributed by atoms with Crippen LogP contribution in [0.3, 0.4) is 0 Å². The molecule has 2 aromatic carbocycles. The van der Waals surface area contributed by atoms with Crippen molar-refractivity contribution >= 4 is 21.6 Å². The molecule has 0 N–H and O–H groups in total. The van der Waals surface area contributed by atoms with Crippen molar-refractivity contribution in [2.45, 2.75) is 0 Å². The van der Waals surface area contributed by atoms with Crippen molar-refractivity contribution in [3.63, 3.8) is 0 Å². The van der Waals surface area contributed by atoms with Crippen molar-refractivity contribution in [2.24, 2.45) is 0 Å². The third-order valence-corrected chi connectivity index (χ3v) is 3.49. The Balaban J connectivity index is 2.10. The van der Waals surface area contributed by atoms with Gasteiger partial charge in [0.05, 0.1) is 27.4 Å². The molecule has 0 aliphatic heterocycles. The van der Waals surface area contributed by atoms with Gasteiger partial charge in [0.1, 0.15) is 0 Å². The highest BCUT2D eigenvalue weighted by atomic mass is 32.1. The maximum atomic E-state index is 8.75. The SMILES string of the molecule is N#Cc1ccc(-c2ccc3scnc3c2)cc1. The quantitative estimate of drug-likeness (QED) is 0.643. The highest BCUT2D eigenvalue weighted by molar-refractivity contribution is 7.16. The second-order valence-electron chi connectivity index (χ2n) is 3.72. The number of benzene rings is 2. The number of nitrogens with zero attached hydrogens (tertiary/aromatic N) is 2. The predicted molar refractivity (Wildman–Crippen MR) is 69.8 cm³/mol. The molecule has 0 radical (unpaired) electrons. The summed E-state index contributed by atoms with van der Waals surface area (Å²) < 4.78 is 1.20. The molecular weight excluding hydrogens is 228 g/mol. The van der Waals surface area contributed by atoms with Gasteiger partial charge in [-0.15, -0.1) is 11.3 Å². The molecule has 0 aliphatic carbocycles. The number of hydrogen-bond donors (Lipinski definition) is 0. The Labute approximate surface area is 103 Å². The zero-order valence-corrected chi connectivity index (χ0v) is 9.74. The van der Waals surface area contributed by atoms with Gasteiger partial charge in [-0.05, 0) is 35.4 Å². The lowest BCUT2D eigenvalue weighted by molar-refractivity contribution is 1.48. The molecule has 1 aromatic heterocycles. The number of thiazole rings is 1. The average Bonchev–Trinajstić information content (AvgIpc) is 2.86. The minimum absolute atomic E-state index is 0.684. The third-order valence-electron chi connectivity index (χ3n) is 2.68. The second kappa shape index (κ2) is 4.00. The molecule has 3 heteroatoms. The largest absolute Gasteiger partial charge is 0.245 e. The van der Waals surface area contributed by atoms with Gasteiger partial charge in [0.25, 0.3) is 0 Å². The van der Waals surface area contributed by atoms with Gasteiger partial charge in [-0.25, -0.2) is 4.98 Å². The highest BCUT2D eigenvalue weighted by Crippen LogP contribution is 2.25. The highest BCUT2D eigenvalue weighted by Gasteiger charge is 2.01. The van der Waals surface area contributed by atoms with E-state index in [0.717, 1.165) is 16.6 Å². The fourth-order valence-corrected chi connectivity index (χ4v) is 2.43. The van der Waals surface area contributed by atoms with E-state index in [1.165, 1.54) is 4.70 Å². The first-order valence-electron chi connectivity index (χ1n) is 5.20. The van der Waals surface area contributed by atoms with E-state index < -0.39 is 0 Å². The van der Waals surface area contributed by atoms with Crippen molar-refractivity contribution < 1.29 is 0 Å². The van der Waals surface area contributed by atoms with E-state index in [1.807, 2.05) is 29.8 Å². The molecule has 17 heavy (non-hydrogen) atoms. The maximum Gasteiger partial charge on any atom is 0.0991 e. The van der Waals surface area contributed by atoms with E-state index in [2.05, 4.69) is 29.3 Å². The van der Waals surface area contributed by atoms with E-state index in [9.17, 15) is 0 Å². The first-order valence-corrected chi connectivity index (χ1v) is 6.08. The third kappa shape index (κ3) is 1.79. The Morgan fingerprint density at radius 2 is 1.76 bits per heavy atom. The molecule has 2 nitrogen and oxygen atoms in total. The summed E-state index contributed by atoms with van der Waals surface area (Å²) in [6.07, 6.45) is 0. The van der Waals surface area contributed by atoms with E-state index in [4.69, 9.17) is 5.26 Å². The lowest BCUT2D eigenvalue weighted by atomic mass is 10.0. The Hall–Kier alpha value is -2.18. The molecule has 0 aliphatic rings. The van der Waals surface area contributed by atoms with Crippen LogP contribution in [0, 0.1) is 11.3 Å². The summed E-state index contributed by atoms with van der Waals surface area (Å²) in [5, 5.41) is 8.75. The van der Waals surface area contributed by atoms with Crippen molar-refractivity contribution in [1.82, 2.24) is 4.98 Å². The Bertz CT molecular complexity index is 705. The molecule has 3 aromatic rings. The van der Waals surface area contributed by atoms with Crippen LogP contribution in [-0.4, -0.2) is 4.98 Å². The summed E-state index contributed by atoms with van der Waals surface area (Å²) in [5.41, 5.74) is 5.81. The molecule has 80 valence electrons. The van der Waals surface area contributed by atoms with Gasteiger partial charge in [-0.1, -0.05) is 18.2 Å². The smallest absolute Gasteiger partial charge is 0.0991 e. The number of aromatic nitrogens is 1. The lowest BCUT2D eigenvalue weighted by Gasteiger charge is -2.01. The molecule has 3 rings (SSSR count). The van der Waals surface area contributed by atoms with Crippen LogP contribution in [0.15, 0.2) is 48.0 Å². The molecule has 0 atom stereocenters. The summed E-state index contributed by atoms with van der Waals surface area (Å²) >= 11 is 1.64. The summed E-state index contributed by atoms with van der Waals surface area (Å²) in [6, 6.07) is 16.0. The minimum atomic E-state index is 0.684. The molecule has 0 amide bonds. The van der Waals surface area contributed by atoms with Crippen molar-refractivity contribution in [3.8, 4) is 17.2 Å². The van der Waals surface area contributed by atoms with E-state index in [-0.39, 0.29) is 0 Å². The molecule has 0 fully saturated rings. The zero-order chi connectivity index (χ0) is 11.7. The first-order chi connectivity index (χ1) is 8.36. The van der Waals surface area contributed by atoms with Crippen LogP contribution in [0.2, 0.25) is 0 Å². The summed E-state index contributed by atoms with van der Waals surface area (Å²) in [7, 11) is 0. The van der Waals surface area contributed by atoms with Crippen LogP contribution < -0.4 is 0 Å². The van der Waals surface area contributed by atoms with Crippen molar-refractivity contribution in [1.29, 1.82) is 5.26 Å². The van der Waals surface area contributed by atoms with Gasteiger partial charge >= 0.3 is 0 Å². The number of rotatable bonds is 1. The molecule has 0 bridgehead atoms. The van der Waals surface area contributed by atoms with E-state index in [1.54, 1.807) is 11.3 Å². The molecule has 0 saturated carbocycles. The predicted octanol–water partition coefficient (Wildman–Crippen LogP) is 3.83. The normalized spacial score (nSPS) is 10.3. The molecule has 0 spiro atoms. The second-order valence-corrected chi connectivity index (χ2v) is 4.61. The standard InChI is InChI=1S/C14H8N2S/c15-8-10-1-3-11(4-2-10)12-5-6-14-13(7-12)16-9-17-14/h1-7,9H. The molecule has 0 unspecified atom stereocenters. The van der Waals surface area contributed by atoms with Gasteiger partial charge in [-0.2, -0.15) is 5.26 Å². The van der Waals surface area contributed by atoms with Gasteiger partial charge in [0.2, 0.25) is 0 Å². The molecular formula is C14H8N2S. The monoisotopic (exact) mass is 236 g/mol. The lowest BCUT2D eigenvalue weighted by Crippen LogP contribution is -1.79. The topological polar surface area (TPSA) is 36.7 Å². The van der Waals surface area contributed by atoms with E-state index >= 15 is 0 Å². The fraction of sp³-hybridized carbons (Fsp3) is 0. The zero-order valence-electron chi connectivity index (χ0n) is 8.92. The Morgan fingerprint density at radius 1 is 1.00 bits per heavy atom. The van der Waals surface area contributed by atoms with Gasteiger partial charge in [0.15, 0.2) is 0 Å². The minimum Gasteiger partial charge on any atom is -0.245 e. The summed E-state index contributed by atoms with van der Waals surface area (Å²) in [4.78, 5) is 4.30. The van der Waals surface area contributed by atoms with Gasteiger partial charge in [-0.3, -0.25) is 0 Å². The van der Waals surface area contributed by atoms with Crippen LogP contribution in [0.5, 0.6) is 0 Å². The van der Waals surface area contributed by atoms with Gasteiger partial charge < -0.3 is 0 Å². The first kappa shape index (κ1) is 10.0. The van der Waals surface area contributed by atoms with Crippen LogP contribution in [-0.2, 0) is 0 Å². The summed E-state index contributed by atoms with van der Waals surface area (Å²) in [5.74, 6) is 0. The van der Waals surface area contributed by atoms with E-state index in [0.29, 0.717) is 5.56 Å². The van der Waals surface area contributed by atoms with Crippen LogP contribution in [0.1, 0.15) is 5.56 Å².